The lowest BCUT2D eigenvalue weighted by molar-refractivity contribution is -0.895. The first-order valence-electron chi connectivity index (χ1n) is 8.55. The van der Waals surface area contributed by atoms with E-state index in [1.165, 1.54) is 24.3 Å². The molecule has 2 aromatic carbocycles. The van der Waals surface area contributed by atoms with E-state index in [9.17, 15) is 16.8 Å². The zero-order chi connectivity index (χ0) is 19.2. The first-order chi connectivity index (χ1) is 12.3. The summed E-state index contributed by atoms with van der Waals surface area (Å²) in [6.07, 6.45) is 0. The van der Waals surface area contributed by atoms with Gasteiger partial charge in [0.15, 0.2) is 0 Å². The summed E-state index contributed by atoms with van der Waals surface area (Å²) in [5.74, 6) is 0. The molecule has 1 N–H and O–H groups in total. The summed E-state index contributed by atoms with van der Waals surface area (Å²) < 4.78 is 53.0. The maximum absolute atomic E-state index is 13.1. The fourth-order valence-corrected chi connectivity index (χ4v) is 6.33. The van der Waals surface area contributed by atoms with Gasteiger partial charge < -0.3 is 4.90 Å². The van der Waals surface area contributed by atoms with Gasteiger partial charge in [0.1, 0.15) is 0 Å². The third kappa shape index (κ3) is 4.50. The molecule has 8 heteroatoms. The van der Waals surface area contributed by atoms with Gasteiger partial charge in [-0.15, -0.1) is 0 Å². The molecule has 142 valence electrons. The van der Waals surface area contributed by atoms with E-state index in [0.29, 0.717) is 10.3 Å². The monoisotopic (exact) mass is 397 g/mol. The Bertz CT molecular complexity index is 825. The number of rotatable bonds is 9. The van der Waals surface area contributed by atoms with Crippen molar-refractivity contribution in [2.24, 2.45) is 0 Å². The van der Waals surface area contributed by atoms with Gasteiger partial charge in [-0.05, 0) is 38.1 Å². The minimum absolute atomic E-state index is 0.0333. The summed E-state index contributed by atoms with van der Waals surface area (Å²) >= 11 is 0. The van der Waals surface area contributed by atoms with E-state index in [0.717, 1.165) is 18.0 Å². The lowest BCUT2D eigenvalue weighted by Crippen LogP contribution is -3.12. The van der Waals surface area contributed by atoms with Gasteiger partial charge in [-0.1, -0.05) is 40.1 Å². The molecule has 0 aliphatic rings. The minimum Gasteiger partial charge on any atom is -0.334 e. The van der Waals surface area contributed by atoms with Crippen molar-refractivity contribution in [2.45, 2.75) is 23.6 Å². The zero-order valence-electron chi connectivity index (χ0n) is 15.0. The Labute approximate surface area is 156 Å². The van der Waals surface area contributed by atoms with Crippen LogP contribution in [-0.2, 0) is 20.0 Å². The van der Waals surface area contributed by atoms with E-state index >= 15 is 0 Å². The van der Waals surface area contributed by atoms with Gasteiger partial charge in [-0.2, -0.15) is 0 Å². The fraction of sp³-hybridized carbons (Fsp3) is 0.333. The Morgan fingerprint density at radius 1 is 0.731 bits per heavy atom. The van der Waals surface area contributed by atoms with E-state index < -0.39 is 20.0 Å². The van der Waals surface area contributed by atoms with E-state index in [4.69, 9.17) is 0 Å². The fourth-order valence-electron chi connectivity index (χ4n) is 2.64. The Morgan fingerprint density at radius 3 is 1.46 bits per heavy atom. The van der Waals surface area contributed by atoms with Gasteiger partial charge in [0.25, 0.3) is 20.0 Å². The number of nitrogens with one attached hydrogen (secondary N) is 1. The highest BCUT2D eigenvalue weighted by Gasteiger charge is 2.37. The van der Waals surface area contributed by atoms with Crippen LogP contribution < -0.4 is 4.90 Å². The molecule has 0 aliphatic carbocycles. The maximum atomic E-state index is 13.1. The topological polar surface area (TPSA) is 76.0 Å². The number of benzene rings is 2. The molecule has 0 bridgehead atoms. The summed E-state index contributed by atoms with van der Waals surface area (Å²) in [6, 6.07) is 15.3. The molecule has 6 nitrogen and oxygen atoms in total. The SMILES string of the molecule is CC[NH+](CC)CCN(S(=O)(=O)c1ccccc1)S(=O)(=O)c1ccccc1. The summed E-state index contributed by atoms with van der Waals surface area (Å²) in [5.41, 5.74) is 0. The maximum Gasteiger partial charge on any atom is 0.256 e. The van der Waals surface area contributed by atoms with Gasteiger partial charge in [0, 0.05) is 0 Å². The quantitative estimate of drug-likeness (QED) is 0.685. The average molecular weight is 398 g/mol. The number of quaternary nitrogens is 1. The molecular weight excluding hydrogens is 372 g/mol. The van der Waals surface area contributed by atoms with E-state index in [1.807, 2.05) is 13.8 Å². The normalized spacial score (nSPS) is 12.6. The predicted octanol–water partition coefficient (Wildman–Crippen LogP) is 0.991. The van der Waals surface area contributed by atoms with Crippen LogP contribution in [0.2, 0.25) is 0 Å². The minimum atomic E-state index is -4.19. The Hall–Kier alpha value is -1.74. The van der Waals surface area contributed by atoms with Crippen molar-refractivity contribution in [3.05, 3.63) is 60.7 Å². The molecule has 0 aliphatic heterocycles. The third-order valence-corrected chi connectivity index (χ3v) is 8.62. The van der Waals surface area contributed by atoms with Crippen LogP contribution in [-0.4, -0.2) is 46.7 Å². The largest absolute Gasteiger partial charge is 0.334 e. The molecule has 0 atom stereocenters. The lowest BCUT2D eigenvalue weighted by atomic mass is 10.4. The van der Waals surface area contributed by atoms with Crippen LogP contribution in [0.4, 0.5) is 0 Å². The molecule has 26 heavy (non-hydrogen) atoms. The van der Waals surface area contributed by atoms with Crippen molar-refractivity contribution < 1.29 is 21.7 Å². The van der Waals surface area contributed by atoms with Crippen LogP contribution in [0, 0.1) is 0 Å². The van der Waals surface area contributed by atoms with Crippen LogP contribution in [0.15, 0.2) is 70.5 Å². The van der Waals surface area contributed by atoms with Crippen molar-refractivity contribution in [3.8, 4) is 0 Å². The highest BCUT2D eigenvalue weighted by molar-refractivity contribution is 8.04. The van der Waals surface area contributed by atoms with Crippen molar-refractivity contribution in [1.82, 2.24) is 3.71 Å². The molecule has 0 saturated heterocycles. The number of likely N-dealkylation sites (N-methyl/N-ethyl adjacent to an activating group) is 1. The second kappa shape index (κ2) is 8.77. The predicted molar refractivity (Wildman–Crippen MR) is 101 cm³/mol. The van der Waals surface area contributed by atoms with Crippen LogP contribution in [0.3, 0.4) is 0 Å². The number of hydrogen-bond acceptors (Lipinski definition) is 4. The lowest BCUT2D eigenvalue weighted by Gasteiger charge is -2.24. The molecule has 0 spiro atoms. The third-order valence-electron chi connectivity index (χ3n) is 4.27. The Morgan fingerprint density at radius 2 is 1.12 bits per heavy atom. The van der Waals surface area contributed by atoms with Crippen molar-refractivity contribution in [2.75, 3.05) is 26.2 Å². The number of hydrogen-bond donors (Lipinski definition) is 1. The van der Waals surface area contributed by atoms with Crippen LogP contribution >= 0.6 is 0 Å². The van der Waals surface area contributed by atoms with E-state index in [2.05, 4.69) is 0 Å². The molecule has 2 rings (SSSR count). The number of nitrogens with zero attached hydrogens (tertiary/aromatic N) is 1. The summed E-state index contributed by atoms with van der Waals surface area (Å²) in [4.78, 5) is 1.06. The first-order valence-corrected chi connectivity index (χ1v) is 11.4. The van der Waals surface area contributed by atoms with Crippen LogP contribution in [0.5, 0.6) is 0 Å². The standard InChI is InChI=1S/C18H24N2O4S2/c1-3-19(4-2)15-16-20(25(21,22)17-11-7-5-8-12-17)26(23,24)18-13-9-6-10-14-18/h5-14H,3-4,15-16H2,1-2H3/p+1. The molecule has 0 radical (unpaired) electrons. The molecular formula is C18H25N2O4S2+. The second-order valence-corrected chi connectivity index (χ2v) is 9.80. The van der Waals surface area contributed by atoms with Crippen LogP contribution in [0.1, 0.15) is 13.8 Å². The molecule has 0 amide bonds. The van der Waals surface area contributed by atoms with E-state index in [-0.39, 0.29) is 16.3 Å². The number of sulfonamides is 2. The van der Waals surface area contributed by atoms with Crippen molar-refractivity contribution in [3.63, 3.8) is 0 Å². The first kappa shape index (κ1) is 20.6. The molecule has 0 saturated carbocycles. The smallest absolute Gasteiger partial charge is 0.256 e. The molecule has 0 heterocycles. The van der Waals surface area contributed by atoms with E-state index in [1.54, 1.807) is 36.4 Å². The van der Waals surface area contributed by atoms with Gasteiger partial charge in [0.05, 0.1) is 36.0 Å². The second-order valence-electron chi connectivity index (χ2n) is 5.84. The Kier molecular flexibility index (Phi) is 6.94. The summed E-state index contributed by atoms with van der Waals surface area (Å²) in [6.45, 7) is 5.86. The van der Waals surface area contributed by atoms with Gasteiger partial charge in [0.2, 0.25) is 0 Å². The zero-order valence-corrected chi connectivity index (χ0v) is 16.6. The summed E-state index contributed by atoms with van der Waals surface area (Å²) in [7, 11) is -8.37. The highest BCUT2D eigenvalue weighted by Crippen LogP contribution is 2.23. The van der Waals surface area contributed by atoms with Gasteiger partial charge >= 0.3 is 0 Å². The molecule has 0 aromatic heterocycles. The molecule has 0 unspecified atom stereocenters. The Balaban J connectivity index is 2.49. The average Bonchev–Trinajstić information content (AvgIpc) is 2.66. The van der Waals surface area contributed by atoms with Crippen molar-refractivity contribution >= 4 is 20.0 Å². The molecule has 2 aromatic rings. The van der Waals surface area contributed by atoms with Crippen molar-refractivity contribution in [1.29, 1.82) is 0 Å². The van der Waals surface area contributed by atoms with Gasteiger partial charge in [-0.25, -0.2) is 16.8 Å². The summed E-state index contributed by atoms with van der Waals surface area (Å²) in [5, 5.41) is 0. The molecule has 0 fully saturated rings. The highest BCUT2D eigenvalue weighted by atomic mass is 32.3. The van der Waals surface area contributed by atoms with Gasteiger partial charge in [-0.3, -0.25) is 0 Å². The van der Waals surface area contributed by atoms with Crippen LogP contribution in [0.25, 0.3) is 0 Å².